The number of aromatic amines is 1. The van der Waals surface area contributed by atoms with Crippen LogP contribution in [0.1, 0.15) is 44.9 Å². The molecule has 3 heterocycles. The van der Waals surface area contributed by atoms with Crippen LogP contribution in [0.2, 0.25) is 0 Å². The number of ether oxygens (including phenoxy) is 1. The highest BCUT2D eigenvalue weighted by molar-refractivity contribution is 5.88. The fourth-order valence-electron chi connectivity index (χ4n) is 2.77. The quantitative estimate of drug-likeness (QED) is 0.699. The lowest BCUT2D eigenvalue weighted by Crippen LogP contribution is -2.24. The molecule has 1 saturated carbocycles. The molecule has 0 spiro atoms. The van der Waals surface area contributed by atoms with Gasteiger partial charge in [-0.15, -0.1) is 0 Å². The van der Waals surface area contributed by atoms with Crippen molar-refractivity contribution >= 4 is 22.7 Å². The summed E-state index contributed by atoms with van der Waals surface area (Å²) in [6.07, 6.45) is 5.25. The fourth-order valence-corrected chi connectivity index (χ4v) is 2.77. The van der Waals surface area contributed by atoms with Gasteiger partial charge in [-0.05, 0) is 40.5 Å². The molecule has 0 unspecified atom stereocenters. The molecular weight excluding hydrogens is 356 g/mol. The summed E-state index contributed by atoms with van der Waals surface area (Å²) < 4.78 is 7.69. The third kappa shape index (κ3) is 3.01. The van der Waals surface area contributed by atoms with Crippen molar-refractivity contribution in [2.24, 2.45) is 0 Å². The summed E-state index contributed by atoms with van der Waals surface area (Å²) in [7, 11) is 0. The number of hydrogen-bond acceptors (Lipinski definition) is 7. The minimum Gasteiger partial charge on any atom is -0.471 e. The average molecular weight is 376 g/mol. The molecule has 28 heavy (non-hydrogen) atoms. The SMILES string of the molecule is Cc1nn(C(C)(C)C#N)cc1Nc1nc(OC2(C)CC2)c2c(C#N)c[nH]c2n1. The summed E-state index contributed by atoms with van der Waals surface area (Å²) in [6.45, 7) is 7.44. The minimum atomic E-state index is -0.772. The zero-order valence-electron chi connectivity index (χ0n) is 16.2. The van der Waals surface area contributed by atoms with E-state index in [1.54, 1.807) is 30.9 Å². The standard InChI is InChI=1S/C19H20N8O/c1-11-13(9-27(26-11)18(2,3)10-21)23-17-24-15-14(12(7-20)8-22-15)16(25-17)28-19(4)5-6-19/h8-9H,5-6H2,1-4H3,(H2,22,23,24,25). The number of hydrogen-bond donors (Lipinski definition) is 2. The van der Waals surface area contributed by atoms with E-state index in [9.17, 15) is 10.5 Å². The van der Waals surface area contributed by atoms with Gasteiger partial charge in [0.2, 0.25) is 11.8 Å². The van der Waals surface area contributed by atoms with E-state index in [4.69, 9.17) is 4.74 Å². The number of anilines is 2. The van der Waals surface area contributed by atoms with Gasteiger partial charge in [0.1, 0.15) is 22.9 Å². The van der Waals surface area contributed by atoms with Crippen LogP contribution in [0.3, 0.4) is 0 Å². The van der Waals surface area contributed by atoms with E-state index in [-0.39, 0.29) is 5.60 Å². The molecule has 0 atom stereocenters. The second-order valence-electron chi connectivity index (χ2n) is 7.81. The molecule has 0 saturated heterocycles. The monoisotopic (exact) mass is 376 g/mol. The smallest absolute Gasteiger partial charge is 0.232 e. The second-order valence-corrected chi connectivity index (χ2v) is 7.81. The first-order chi connectivity index (χ1) is 13.2. The number of H-pyrrole nitrogens is 1. The topological polar surface area (TPSA) is 128 Å². The van der Waals surface area contributed by atoms with Crippen LogP contribution in [-0.4, -0.2) is 30.3 Å². The maximum absolute atomic E-state index is 9.37. The average Bonchev–Trinajstić information content (AvgIpc) is 3.06. The predicted molar refractivity (Wildman–Crippen MR) is 102 cm³/mol. The van der Waals surface area contributed by atoms with Crippen LogP contribution in [0, 0.1) is 29.6 Å². The highest BCUT2D eigenvalue weighted by Gasteiger charge is 2.41. The van der Waals surface area contributed by atoms with Crippen LogP contribution in [0.25, 0.3) is 11.0 Å². The zero-order chi connectivity index (χ0) is 20.1. The Morgan fingerprint density at radius 2 is 2.07 bits per heavy atom. The predicted octanol–water partition coefficient (Wildman–Crippen LogP) is 3.27. The van der Waals surface area contributed by atoms with Crippen molar-refractivity contribution in [1.82, 2.24) is 24.7 Å². The molecule has 3 aromatic heterocycles. The molecule has 9 heteroatoms. The Balaban J connectivity index is 1.74. The second kappa shape index (κ2) is 5.96. The van der Waals surface area contributed by atoms with E-state index in [0.29, 0.717) is 39.8 Å². The van der Waals surface area contributed by atoms with E-state index in [2.05, 4.69) is 37.5 Å². The van der Waals surface area contributed by atoms with Gasteiger partial charge >= 0.3 is 0 Å². The van der Waals surface area contributed by atoms with Crippen LogP contribution in [0.15, 0.2) is 12.4 Å². The Morgan fingerprint density at radius 1 is 1.32 bits per heavy atom. The Hall–Kier alpha value is -3.59. The Morgan fingerprint density at radius 3 is 2.71 bits per heavy atom. The van der Waals surface area contributed by atoms with Crippen molar-refractivity contribution in [3.8, 4) is 18.0 Å². The Bertz CT molecular complexity index is 1150. The fraction of sp³-hybridized carbons (Fsp3) is 0.421. The van der Waals surface area contributed by atoms with Gasteiger partial charge in [-0.1, -0.05) is 0 Å². The summed E-state index contributed by atoms with van der Waals surface area (Å²) in [5.41, 5.74) is 1.36. The first-order valence-electron chi connectivity index (χ1n) is 8.98. The first-order valence-corrected chi connectivity index (χ1v) is 8.98. The summed E-state index contributed by atoms with van der Waals surface area (Å²) >= 11 is 0. The largest absolute Gasteiger partial charge is 0.471 e. The van der Waals surface area contributed by atoms with Crippen molar-refractivity contribution in [3.63, 3.8) is 0 Å². The van der Waals surface area contributed by atoms with E-state index in [1.807, 2.05) is 13.8 Å². The number of fused-ring (bicyclic) bond motifs is 1. The molecule has 0 aromatic carbocycles. The molecule has 0 bridgehead atoms. The number of aryl methyl sites for hydroxylation is 1. The number of aromatic nitrogens is 5. The van der Waals surface area contributed by atoms with Crippen molar-refractivity contribution < 1.29 is 4.74 Å². The van der Waals surface area contributed by atoms with Gasteiger partial charge in [0.25, 0.3) is 0 Å². The van der Waals surface area contributed by atoms with E-state index < -0.39 is 5.54 Å². The van der Waals surface area contributed by atoms with Crippen molar-refractivity contribution in [2.45, 2.75) is 51.7 Å². The van der Waals surface area contributed by atoms with Crippen LogP contribution in [-0.2, 0) is 5.54 Å². The van der Waals surface area contributed by atoms with Crippen LogP contribution >= 0.6 is 0 Å². The Labute approximate surface area is 162 Å². The lowest BCUT2D eigenvalue weighted by molar-refractivity contribution is 0.195. The van der Waals surface area contributed by atoms with Gasteiger partial charge in [-0.25, -0.2) is 0 Å². The zero-order valence-corrected chi connectivity index (χ0v) is 16.2. The van der Waals surface area contributed by atoms with E-state index in [1.165, 1.54) is 0 Å². The molecule has 0 aliphatic heterocycles. The summed E-state index contributed by atoms with van der Waals surface area (Å²) in [6, 6.07) is 4.37. The lowest BCUT2D eigenvalue weighted by atomic mass is 10.1. The van der Waals surface area contributed by atoms with Crippen LogP contribution in [0.4, 0.5) is 11.6 Å². The van der Waals surface area contributed by atoms with Crippen molar-refractivity contribution in [3.05, 3.63) is 23.7 Å². The molecule has 4 rings (SSSR count). The molecule has 1 fully saturated rings. The molecule has 1 aliphatic rings. The van der Waals surface area contributed by atoms with Gasteiger partial charge in [-0.3, -0.25) is 4.68 Å². The van der Waals surface area contributed by atoms with Gasteiger partial charge in [0.15, 0.2) is 0 Å². The van der Waals surface area contributed by atoms with Gasteiger partial charge in [0, 0.05) is 6.20 Å². The van der Waals surface area contributed by atoms with Gasteiger partial charge < -0.3 is 15.0 Å². The molecular formula is C19H20N8O. The highest BCUT2D eigenvalue weighted by atomic mass is 16.5. The third-order valence-corrected chi connectivity index (χ3v) is 4.91. The van der Waals surface area contributed by atoms with Crippen LogP contribution in [0.5, 0.6) is 5.88 Å². The molecule has 142 valence electrons. The molecule has 0 amide bonds. The lowest BCUT2D eigenvalue weighted by Gasteiger charge is -2.15. The molecule has 9 nitrogen and oxygen atoms in total. The number of nitriles is 2. The number of rotatable bonds is 5. The Kier molecular flexibility index (Phi) is 3.79. The highest BCUT2D eigenvalue weighted by Crippen LogP contribution is 2.41. The summed E-state index contributed by atoms with van der Waals surface area (Å²) in [5, 5.41) is 26.9. The maximum Gasteiger partial charge on any atom is 0.232 e. The molecule has 1 aliphatic carbocycles. The number of nitrogens with one attached hydrogen (secondary N) is 2. The van der Waals surface area contributed by atoms with E-state index in [0.717, 1.165) is 12.8 Å². The third-order valence-electron chi connectivity index (χ3n) is 4.91. The summed E-state index contributed by atoms with van der Waals surface area (Å²) in [4.78, 5) is 12.0. The van der Waals surface area contributed by atoms with E-state index >= 15 is 0 Å². The number of nitrogens with zero attached hydrogens (tertiary/aromatic N) is 6. The van der Waals surface area contributed by atoms with Crippen LogP contribution < -0.4 is 10.1 Å². The first kappa shape index (κ1) is 17.8. The molecule has 3 aromatic rings. The van der Waals surface area contributed by atoms with Crippen molar-refractivity contribution in [2.75, 3.05) is 5.32 Å². The van der Waals surface area contributed by atoms with Gasteiger partial charge in [-0.2, -0.15) is 25.6 Å². The van der Waals surface area contributed by atoms with Gasteiger partial charge in [0.05, 0.1) is 34.6 Å². The normalized spacial score (nSPS) is 15.1. The maximum atomic E-state index is 9.37. The minimum absolute atomic E-state index is 0.250. The molecule has 0 radical (unpaired) electrons. The summed E-state index contributed by atoms with van der Waals surface area (Å²) in [5.74, 6) is 0.711. The molecule has 2 N–H and O–H groups in total. The van der Waals surface area contributed by atoms with Crippen molar-refractivity contribution in [1.29, 1.82) is 10.5 Å².